The van der Waals surface area contributed by atoms with Crippen LogP contribution in [0.4, 0.5) is 0 Å². The Morgan fingerprint density at radius 3 is 2.46 bits per heavy atom. The molecule has 1 rings (SSSR count). The fourth-order valence-electron chi connectivity index (χ4n) is 1.63. The predicted octanol–water partition coefficient (Wildman–Crippen LogP) is 2.28. The summed E-state index contributed by atoms with van der Waals surface area (Å²) in [6.07, 6.45) is 7.63. The molecule has 13 heavy (non-hydrogen) atoms. The maximum atomic E-state index is 11.1. The van der Waals surface area contributed by atoms with Crippen molar-refractivity contribution < 1.29 is 9.53 Å². The van der Waals surface area contributed by atoms with Crippen molar-refractivity contribution in [1.29, 1.82) is 0 Å². The van der Waals surface area contributed by atoms with E-state index in [0.717, 1.165) is 19.3 Å². The minimum atomic E-state index is -0.00981. The largest absolute Gasteiger partial charge is 0.462 e. The molecule has 1 aliphatic carbocycles. The molecule has 0 aliphatic heterocycles. The van der Waals surface area contributed by atoms with Gasteiger partial charge in [-0.2, -0.15) is 0 Å². The fraction of sp³-hybridized carbons (Fsp3) is 0.900. The lowest BCUT2D eigenvalue weighted by Gasteiger charge is -2.21. The van der Waals surface area contributed by atoms with Crippen LogP contribution in [-0.2, 0) is 9.53 Å². The summed E-state index contributed by atoms with van der Waals surface area (Å²) in [4.78, 5) is 11.1. The van der Waals surface area contributed by atoms with Crippen molar-refractivity contribution in [2.75, 3.05) is 0 Å². The SMILES string of the molecule is CCCC(=O)OC1CCCCC1.[Mg]. The third kappa shape index (κ3) is 5.52. The number of esters is 1. The number of hydrogen-bond acceptors (Lipinski definition) is 2. The molecule has 0 saturated heterocycles. The Labute approximate surface area is 96.6 Å². The van der Waals surface area contributed by atoms with Gasteiger partial charge in [-0.1, -0.05) is 13.3 Å². The lowest BCUT2D eigenvalue weighted by atomic mass is 9.98. The van der Waals surface area contributed by atoms with Gasteiger partial charge in [0.05, 0.1) is 0 Å². The van der Waals surface area contributed by atoms with E-state index in [0.29, 0.717) is 6.42 Å². The van der Waals surface area contributed by atoms with E-state index in [-0.39, 0.29) is 35.1 Å². The Morgan fingerprint density at radius 2 is 1.92 bits per heavy atom. The molecule has 0 aromatic carbocycles. The topological polar surface area (TPSA) is 26.3 Å². The van der Waals surface area contributed by atoms with Gasteiger partial charge in [0, 0.05) is 29.5 Å². The lowest BCUT2D eigenvalue weighted by Crippen LogP contribution is -2.20. The number of hydrogen-bond donors (Lipinski definition) is 0. The first-order chi connectivity index (χ1) is 5.83. The number of carbonyl (C=O) groups is 1. The Bertz CT molecular complexity index is 142. The van der Waals surface area contributed by atoms with Gasteiger partial charge in [0.25, 0.3) is 0 Å². The summed E-state index contributed by atoms with van der Waals surface area (Å²) in [6, 6.07) is 0. The molecule has 1 fully saturated rings. The zero-order valence-corrected chi connectivity index (χ0v) is 9.96. The van der Waals surface area contributed by atoms with Crippen LogP contribution in [0.3, 0.4) is 0 Å². The molecule has 0 aromatic heterocycles. The van der Waals surface area contributed by atoms with Gasteiger partial charge in [-0.3, -0.25) is 4.79 Å². The van der Waals surface area contributed by atoms with E-state index >= 15 is 0 Å². The molecule has 0 bridgehead atoms. The average Bonchev–Trinajstić information content (AvgIpc) is 2.06. The molecular formula is C10H18MgO2. The van der Waals surface area contributed by atoms with Crippen molar-refractivity contribution >= 4 is 29.0 Å². The molecule has 0 heterocycles. The van der Waals surface area contributed by atoms with E-state index in [1.54, 1.807) is 0 Å². The van der Waals surface area contributed by atoms with E-state index in [1.807, 2.05) is 6.92 Å². The normalized spacial score (nSPS) is 17.6. The minimum Gasteiger partial charge on any atom is -0.462 e. The van der Waals surface area contributed by atoms with Crippen LogP contribution in [0.5, 0.6) is 0 Å². The highest BCUT2D eigenvalue weighted by atomic mass is 24.3. The van der Waals surface area contributed by atoms with Gasteiger partial charge in [-0.25, -0.2) is 0 Å². The number of ether oxygens (including phenoxy) is 1. The van der Waals surface area contributed by atoms with Crippen LogP contribution in [0.2, 0.25) is 0 Å². The van der Waals surface area contributed by atoms with Gasteiger partial charge in [0.2, 0.25) is 0 Å². The quantitative estimate of drug-likeness (QED) is 0.509. The minimum absolute atomic E-state index is 0. The van der Waals surface area contributed by atoms with Crippen molar-refractivity contribution in [3.05, 3.63) is 0 Å². The average molecular weight is 195 g/mol. The maximum absolute atomic E-state index is 11.1. The van der Waals surface area contributed by atoms with Crippen LogP contribution < -0.4 is 0 Å². The first-order valence-electron chi connectivity index (χ1n) is 5.02. The second kappa shape index (κ2) is 7.62. The maximum Gasteiger partial charge on any atom is 0.306 e. The van der Waals surface area contributed by atoms with Gasteiger partial charge >= 0.3 is 5.97 Å². The third-order valence-electron chi connectivity index (χ3n) is 2.30. The van der Waals surface area contributed by atoms with Crippen molar-refractivity contribution in [2.24, 2.45) is 0 Å². The van der Waals surface area contributed by atoms with Crippen molar-refractivity contribution in [3.8, 4) is 0 Å². The summed E-state index contributed by atoms with van der Waals surface area (Å²) in [7, 11) is 0. The van der Waals surface area contributed by atoms with Gasteiger partial charge in [0.15, 0.2) is 0 Å². The Kier molecular flexibility index (Phi) is 7.76. The summed E-state index contributed by atoms with van der Waals surface area (Å²) in [5, 5.41) is 0. The molecule has 72 valence electrons. The van der Waals surface area contributed by atoms with E-state index < -0.39 is 0 Å². The predicted molar refractivity (Wildman–Crippen MR) is 53.6 cm³/mol. The van der Waals surface area contributed by atoms with Crippen LogP contribution in [0.15, 0.2) is 0 Å². The first kappa shape index (κ1) is 13.2. The highest BCUT2D eigenvalue weighted by Crippen LogP contribution is 2.20. The number of carbonyl (C=O) groups excluding carboxylic acids is 1. The van der Waals surface area contributed by atoms with Crippen molar-refractivity contribution in [2.45, 2.75) is 58.0 Å². The molecule has 2 radical (unpaired) electrons. The van der Waals surface area contributed by atoms with Gasteiger partial charge in [0.1, 0.15) is 6.10 Å². The molecule has 3 heteroatoms. The summed E-state index contributed by atoms with van der Waals surface area (Å²) >= 11 is 0. The van der Waals surface area contributed by atoms with E-state index in [2.05, 4.69) is 0 Å². The molecule has 0 aromatic rings. The molecule has 0 unspecified atom stereocenters. The Balaban J connectivity index is 0.00000144. The monoisotopic (exact) mass is 194 g/mol. The highest BCUT2D eigenvalue weighted by molar-refractivity contribution is 5.75. The summed E-state index contributed by atoms with van der Waals surface area (Å²) in [6.45, 7) is 2.00. The molecule has 0 atom stereocenters. The van der Waals surface area contributed by atoms with Gasteiger partial charge in [-0.05, 0) is 32.1 Å². The second-order valence-electron chi connectivity index (χ2n) is 3.50. The molecule has 2 nitrogen and oxygen atoms in total. The zero-order valence-electron chi connectivity index (χ0n) is 8.55. The third-order valence-corrected chi connectivity index (χ3v) is 2.30. The first-order valence-corrected chi connectivity index (χ1v) is 5.02. The highest BCUT2D eigenvalue weighted by Gasteiger charge is 2.16. The van der Waals surface area contributed by atoms with Crippen molar-refractivity contribution in [1.82, 2.24) is 0 Å². The molecular weight excluding hydrogens is 176 g/mol. The lowest BCUT2D eigenvalue weighted by molar-refractivity contribution is -0.150. The van der Waals surface area contributed by atoms with Crippen LogP contribution in [0.25, 0.3) is 0 Å². The summed E-state index contributed by atoms with van der Waals surface area (Å²) in [5.74, 6) is -0.00981. The van der Waals surface area contributed by atoms with E-state index in [9.17, 15) is 4.79 Å². The molecule has 0 spiro atoms. The molecule has 0 amide bonds. The summed E-state index contributed by atoms with van der Waals surface area (Å²) < 4.78 is 5.29. The van der Waals surface area contributed by atoms with Crippen LogP contribution in [0, 0.1) is 0 Å². The van der Waals surface area contributed by atoms with Crippen LogP contribution in [-0.4, -0.2) is 35.1 Å². The second-order valence-corrected chi connectivity index (χ2v) is 3.50. The molecule has 1 aliphatic rings. The fourth-order valence-corrected chi connectivity index (χ4v) is 1.63. The molecule has 1 saturated carbocycles. The molecule has 0 N–H and O–H groups in total. The van der Waals surface area contributed by atoms with E-state index in [4.69, 9.17) is 4.74 Å². The van der Waals surface area contributed by atoms with Crippen molar-refractivity contribution in [3.63, 3.8) is 0 Å². The Hall–Kier alpha value is 0.236. The zero-order chi connectivity index (χ0) is 8.81. The smallest absolute Gasteiger partial charge is 0.306 e. The van der Waals surface area contributed by atoms with E-state index in [1.165, 1.54) is 19.3 Å². The van der Waals surface area contributed by atoms with Crippen LogP contribution in [0.1, 0.15) is 51.9 Å². The van der Waals surface area contributed by atoms with Gasteiger partial charge in [-0.15, -0.1) is 0 Å². The van der Waals surface area contributed by atoms with Gasteiger partial charge < -0.3 is 4.74 Å². The Morgan fingerprint density at radius 1 is 1.31 bits per heavy atom. The standard InChI is InChI=1S/C10H18O2.Mg/c1-2-6-10(11)12-9-7-4-3-5-8-9;/h9H,2-8H2,1H3;. The summed E-state index contributed by atoms with van der Waals surface area (Å²) in [5.41, 5.74) is 0. The van der Waals surface area contributed by atoms with Crippen LogP contribution >= 0.6 is 0 Å². The number of rotatable bonds is 3.